The lowest BCUT2D eigenvalue weighted by molar-refractivity contribution is -0.152. The minimum Gasteiger partial charge on any atom is -0.497 e. The van der Waals surface area contributed by atoms with Crippen LogP contribution in [0.3, 0.4) is 0 Å². The van der Waals surface area contributed by atoms with Crippen LogP contribution in [0.25, 0.3) is 22.1 Å². The second-order valence-electron chi connectivity index (χ2n) is 6.92. The molecule has 0 aliphatic rings. The van der Waals surface area contributed by atoms with E-state index in [1.165, 1.54) is 55.6 Å². The Morgan fingerprint density at radius 1 is 0.909 bits per heavy atom. The van der Waals surface area contributed by atoms with Crippen molar-refractivity contribution in [3.63, 3.8) is 0 Å². The lowest BCUT2D eigenvalue weighted by Crippen LogP contribution is -2.16. The van der Waals surface area contributed by atoms with Crippen molar-refractivity contribution in [3.05, 3.63) is 94.1 Å². The Morgan fingerprint density at radius 2 is 1.55 bits per heavy atom. The molecule has 0 aliphatic carbocycles. The second kappa shape index (κ2) is 8.42. The zero-order chi connectivity index (χ0) is 23.8. The van der Waals surface area contributed by atoms with Crippen LogP contribution in [0, 0.1) is 5.82 Å². The third kappa shape index (κ3) is 4.43. The minimum absolute atomic E-state index is 0.00518. The third-order valence-electron chi connectivity index (χ3n) is 4.79. The van der Waals surface area contributed by atoms with Crippen LogP contribution < -0.4 is 14.9 Å². The minimum atomic E-state index is -4.97. The first kappa shape index (κ1) is 22.1. The highest BCUT2D eigenvalue weighted by atomic mass is 19.4. The molecular formula is C24H14F4O5. The lowest BCUT2D eigenvalue weighted by Gasteiger charge is -2.13. The Balaban J connectivity index is 1.80. The summed E-state index contributed by atoms with van der Waals surface area (Å²) in [5, 5.41) is -0.129. The lowest BCUT2D eigenvalue weighted by atomic mass is 10.0. The molecule has 4 rings (SSSR count). The largest absolute Gasteiger partial charge is 0.497 e. The summed E-state index contributed by atoms with van der Waals surface area (Å²) in [5.74, 6) is -2.63. The fourth-order valence-corrected chi connectivity index (χ4v) is 3.21. The summed E-state index contributed by atoms with van der Waals surface area (Å²) >= 11 is 0. The van der Waals surface area contributed by atoms with Gasteiger partial charge >= 0.3 is 12.1 Å². The fourth-order valence-electron chi connectivity index (χ4n) is 3.21. The first-order valence-corrected chi connectivity index (χ1v) is 9.47. The number of rotatable bonds is 4. The fraction of sp³-hybridized carbons (Fsp3) is 0.0833. The summed E-state index contributed by atoms with van der Waals surface area (Å²) in [5.41, 5.74) is -1.91. The van der Waals surface area contributed by atoms with Gasteiger partial charge in [-0.1, -0.05) is 12.1 Å². The molecule has 0 amide bonds. The average Bonchev–Trinajstić information content (AvgIpc) is 2.79. The van der Waals surface area contributed by atoms with Gasteiger partial charge in [0.1, 0.15) is 22.9 Å². The molecule has 0 fully saturated rings. The normalized spacial score (nSPS) is 11.4. The van der Waals surface area contributed by atoms with Gasteiger partial charge in [0.15, 0.2) is 0 Å². The number of carbonyl (C=O) groups is 1. The van der Waals surface area contributed by atoms with E-state index in [0.29, 0.717) is 5.75 Å². The molecule has 168 valence electrons. The molecule has 0 aliphatic heterocycles. The second-order valence-corrected chi connectivity index (χ2v) is 6.92. The smallest absolute Gasteiger partial charge is 0.450 e. The topological polar surface area (TPSA) is 65.7 Å². The van der Waals surface area contributed by atoms with Gasteiger partial charge in [0.2, 0.25) is 11.2 Å². The average molecular weight is 458 g/mol. The first-order valence-electron chi connectivity index (χ1n) is 9.47. The standard InChI is InChI=1S/C24H14F4O5/c1-31-16-8-4-13(5-9-16)20-21(29)18-11-10-17(12-19(18)33-22(20)24(26,27)28)32-23(30)14-2-6-15(25)7-3-14/h2-12H,1H3. The van der Waals surface area contributed by atoms with E-state index in [4.69, 9.17) is 13.9 Å². The zero-order valence-electron chi connectivity index (χ0n) is 16.9. The molecule has 0 N–H and O–H groups in total. The molecule has 1 heterocycles. The Hall–Kier alpha value is -4.14. The number of carbonyl (C=O) groups excluding carboxylic acids is 1. The molecule has 0 bridgehead atoms. The van der Waals surface area contributed by atoms with E-state index in [0.717, 1.165) is 18.2 Å². The van der Waals surface area contributed by atoms with E-state index >= 15 is 0 Å². The number of alkyl halides is 3. The number of hydrogen-bond acceptors (Lipinski definition) is 5. The molecule has 33 heavy (non-hydrogen) atoms. The molecule has 0 saturated heterocycles. The quantitative estimate of drug-likeness (QED) is 0.218. The van der Waals surface area contributed by atoms with Gasteiger partial charge in [-0.3, -0.25) is 4.79 Å². The highest BCUT2D eigenvalue weighted by Gasteiger charge is 2.39. The van der Waals surface area contributed by atoms with Gasteiger partial charge in [-0.25, -0.2) is 9.18 Å². The van der Waals surface area contributed by atoms with Crippen molar-refractivity contribution in [2.75, 3.05) is 7.11 Å². The number of benzene rings is 3. The van der Waals surface area contributed by atoms with Gasteiger partial charge in [-0.05, 0) is 54.1 Å². The van der Waals surface area contributed by atoms with Crippen LogP contribution in [0.4, 0.5) is 17.6 Å². The molecule has 9 heteroatoms. The maximum Gasteiger partial charge on any atom is 0.450 e. The monoisotopic (exact) mass is 458 g/mol. The highest BCUT2D eigenvalue weighted by molar-refractivity contribution is 5.92. The van der Waals surface area contributed by atoms with Crippen LogP contribution in [0.5, 0.6) is 11.5 Å². The number of esters is 1. The number of methoxy groups -OCH3 is 1. The van der Waals surface area contributed by atoms with E-state index in [9.17, 15) is 27.2 Å². The first-order chi connectivity index (χ1) is 15.7. The van der Waals surface area contributed by atoms with Crippen molar-refractivity contribution in [2.24, 2.45) is 0 Å². The van der Waals surface area contributed by atoms with Gasteiger partial charge in [-0.2, -0.15) is 13.2 Å². The Kier molecular flexibility index (Phi) is 5.63. The maximum absolute atomic E-state index is 13.8. The van der Waals surface area contributed by atoms with Crippen LogP contribution in [0.2, 0.25) is 0 Å². The van der Waals surface area contributed by atoms with Crippen molar-refractivity contribution in [1.29, 1.82) is 0 Å². The van der Waals surface area contributed by atoms with Crippen molar-refractivity contribution in [2.45, 2.75) is 6.18 Å². The van der Waals surface area contributed by atoms with Crippen molar-refractivity contribution < 1.29 is 36.2 Å². The van der Waals surface area contributed by atoms with E-state index in [1.54, 1.807) is 0 Å². The predicted octanol–water partition coefficient (Wildman–Crippen LogP) is 5.85. The molecule has 0 unspecified atom stereocenters. The van der Waals surface area contributed by atoms with Crippen LogP contribution >= 0.6 is 0 Å². The summed E-state index contributed by atoms with van der Waals surface area (Å²) in [6.45, 7) is 0. The van der Waals surface area contributed by atoms with Crippen LogP contribution in [0.1, 0.15) is 16.1 Å². The molecule has 5 nitrogen and oxygen atoms in total. The van der Waals surface area contributed by atoms with Gasteiger partial charge in [0.25, 0.3) is 0 Å². The van der Waals surface area contributed by atoms with Crippen LogP contribution in [-0.4, -0.2) is 13.1 Å². The van der Waals surface area contributed by atoms with Crippen LogP contribution in [0.15, 0.2) is 75.9 Å². The molecule has 3 aromatic carbocycles. The predicted molar refractivity (Wildman–Crippen MR) is 111 cm³/mol. The molecule has 0 saturated carbocycles. The number of halogens is 4. The zero-order valence-corrected chi connectivity index (χ0v) is 16.9. The van der Waals surface area contributed by atoms with Gasteiger partial charge in [0, 0.05) is 6.07 Å². The summed E-state index contributed by atoms with van der Waals surface area (Å²) in [6.07, 6.45) is -4.97. The molecular weight excluding hydrogens is 444 g/mol. The Morgan fingerprint density at radius 3 is 2.15 bits per heavy atom. The van der Waals surface area contributed by atoms with E-state index in [1.807, 2.05) is 0 Å². The molecule has 0 atom stereocenters. The van der Waals surface area contributed by atoms with Gasteiger partial charge in [-0.15, -0.1) is 0 Å². The summed E-state index contributed by atoms with van der Waals surface area (Å²) < 4.78 is 69.6. The SMILES string of the molecule is COc1ccc(-c2c(C(F)(F)F)oc3cc(OC(=O)c4ccc(F)cc4)ccc3c2=O)cc1. The van der Waals surface area contributed by atoms with Gasteiger partial charge < -0.3 is 13.9 Å². The summed E-state index contributed by atoms with van der Waals surface area (Å²) in [6, 6.07) is 13.5. The molecule has 4 aromatic rings. The number of hydrogen-bond donors (Lipinski definition) is 0. The maximum atomic E-state index is 13.8. The number of ether oxygens (including phenoxy) is 2. The van der Waals surface area contributed by atoms with Crippen molar-refractivity contribution in [1.82, 2.24) is 0 Å². The Labute approximate surface area is 183 Å². The highest BCUT2D eigenvalue weighted by Crippen LogP contribution is 2.38. The van der Waals surface area contributed by atoms with Crippen molar-refractivity contribution in [3.8, 4) is 22.6 Å². The third-order valence-corrected chi connectivity index (χ3v) is 4.79. The summed E-state index contributed by atoms with van der Waals surface area (Å²) in [7, 11) is 1.40. The van der Waals surface area contributed by atoms with Gasteiger partial charge in [0.05, 0.1) is 23.6 Å². The van der Waals surface area contributed by atoms with E-state index in [2.05, 4.69) is 0 Å². The van der Waals surface area contributed by atoms with Crippen LogP contribution in [-0.2, 0) is 6.18 Å². The van der Waals surface area contributed by atoms with Crippen molar-refractivity contribution >= 4 is 16.9 Å². The Bertz CT molecular complexity index is 1390. The number of fused-ring (bicyclic) bond motifs is 1. The van der Waals surface area contributed by atoms with E-state index < -0.39 is 40.3 Å². The summed E-state index contributed by atoms with van der Waals surface area (Å²) in [4.78, 5) is 25.2. The van der Waals surface area contributed by atoms with E-state index in [-0.39, 0.29) is 22.3 Å². The molecule has 0 radical (unpaired) electrons. The molecule has 0 spiro atoms. The molecule has 1 aromatic heterocycles.